The second-order valence-corrected chi connectivity index (χ2v) is 5.55. The summed E-state index contributed by atoms with van der Waals surface area (Å²) in [6.45, 7) is 4.63. The van der Waals surface area contributed by atoms with E-state index in [-0.39, 0.29) is 0 Å². The molecule has 0 bridgehead atoms. The molecule has 0 heteroatoms. The largest absolute Gasteiger partial charge is 0.0620 e. The molecule has 0 saturated heterocycles. The van der Waals surface area contributed by atoms with Crippen molar-refractivity contribution in [3.8, 4) is 0 Å². The van der Waals surface area contributed by atoms with Gasteiger partial charge < -0.3 is 0 Å². The van der Waals surface area contributed by atoms with Crippen LogP contribution >= 0.6 is 0 Å². The van der Waals surface area contributed by atoms with Crippen molar-refractivity contribution in [3.05, 3.63) is 70.8 Å². The molecule has 0 aliphatic heterocycles. The first-order valence-electron chi connectivity index (χ1n) is 6.90. The molecule has 92 valence electrons. The van der Waals surface area contributed by atoms with Gasteiger partial charge in [0.2, 0.25) is 0 Å². The summed E-state index contributed by atoms with van der Waals surface area (Å²) in [6, 6.07) is 17.8. The van der Waals surface area contributed by atoms with Crippen molar-refractivity contribution in [1.29, 1.82) is 0 Å². The van der Waals surface area contributed by atoms with Crippen LogP contribution in [0.5, 0.6) is 0 Å². The van der Waals surface area contributed by atoms with Crippen molar-refractivity contribution in [2.24, 2.45) is 5.92 Å². The molecule has 0 N–H and O–H groups in total. The van der Waals surface area contributed by atoms with E-state index in [1.165, 1.54) is 24.0 Å². The molecule has 2 aromatic carbocycles. The fourth-order valence-corrected chi connectivity index (χ4v) is 3.33. The molecule has 1 aliphatic carbocycles. The first kappa shape index (κ1) is 11.5. The van der Waals surface area contributed by atoms with Crippen LogP contribution in [-0.2, 0) is 6.42 Å². The number of benzene rings is 2. The molecule has 18 heavy (non-hydrogen) atoms. The first-order valence-corrected chi connectivity index (χ1v) is 6.90. The first-order chi connectivity index (χ1) is 8.77. The van der Waals surface area contributed by atoms with Gasteiger partial charge in [-0.3, -0.25) is 0 Å². The Morgan fingerprint density at radius 3 is 2.33 bits per heavy atom. The van der Waals surface area contributed by atoms with Crippen LogP contribution in [0.4, 0.5) is 0 Å². The molecule has 2 aromatic rings. The summed E-state index contributed by atoms with van der Waals surface area (Å²) in [5.74, 6) is 1.32. The third-order valence-electron chi connectivity index (χ3n) is 4.35. The lowest BCUT2D eigenvalue weighted by molar-refractivity contribution is 0.445. The van der Waals surface area contributed by atoms with Gasteiger partial charge in [0.25, 0.3) is 0 Å². The normalized spacial score (nSPS) is 22.6. The molecular formula is C18H20. The lowest BCUT2D eigenvalue weighted by Gasteiger charge is -2.32. The number of rotatable bonds is 1. The van der Waals surface area contributed by atoms with Crippen molar-refractivity contribution in [2.75, 3.05) is 0 Å². The Labute approximate surface area is 110 Å². The van der Waals surface area contributed by atoms with E-state index in [2.05, 4.69) is 62.4 Å². The highest BCUT2D eigenvalue weighted by Crippen LogP contribution is 2.41. The maximum absolute atomic E-state index is 2.40. The van der Waals surface area contributed by atoms with E-state index in [1.807, 2.05) is 0 Å². The Balaban J connectivity index is 2.14. The van der Waals surface area contributed by atoms with Crippen LogP contribution in [0.15, 0.2) is 48.5 Å². The van der Waals surface area contributed by atoms with Gasteiger partial charge in [0.15, 0.2) is 0 Å². The van der Waals surface area contributed by atoms with Crippen LogP contribution in [0.2, 0.25) is 0 Å². The van der Waals surface area contributed by atoms with Gasteiger partial charge in [0.05, 0.1) is 0 Å². The highest BCUT2D eigenvalue weighted by molar-refractivity contribution is 5.43. The van der Waals surface area contributed by atoms with Crippen LogP contribution in [0, 0.1) is 12.8 Å². The van der Waals surface area contributed by atoms with E-state index in [0.29, 0.717) is 5.92 Å². The van der Waals surface area contributed by atoms with Crippen molar-refractivity contribution < 1.29 is 0 Å². The smallest absolute Gasteiger partial charge is 0.0120 e. The van der Waals surface area contributed by atoms with Gasteiger partial charge in [-0.2, -0.15) is 0 Å². The third kappa shape index (κ3) is 1.86. The molecule has 3 rings (SSSR count). The SMILES string of the molecule is Cc1ccccc1C1c2ccccc2CCC1C. The fourth-order valence-electron chi connectivity index (χ4n) is 3.33. The summed E-state index contributed by atoms with van der Waals surface area (Å²) >= 11 is 0. The van der Waals surface area contributed by atoms with Gasteiger partial charge in [-0.25, -0.2) is 0 Å². The van der Waals surface area contributed by atoms with E-state index >= 15 is 0 Å². The Hall–Kier alpha value is -1.56. The Bertz CT molecular complexity index is 553. The molecule has 0 fully saturated rings. The number of hydrogen-bond acceptors (Lipinski definition) is 0. The van der Waals surface area contributed by atoms with Crippen LogP contribution in [0.1, 0.15) is 41.5 Å². The Morgan fingerprint density at radius 1 is 0.889 bits per heavy atom. The van der Waals surface area contributed by atoms with Crippen LogP contribution in [0.3, 0.4) is 0 Å². The van der Waals surface area contributed by atoms with Gasteiger partial charge in [-0.05, 0) is 47.9 Å². The average Bonchev–Trinajstić information content (AvgIpc) is 2.40. The quantitative estimate of drug-likeness (QED) is 0.672. The van der Waals surface area contributed by atoms with Crippen LogP contribution in [-0.4, -0.2) is 0 Å². The summed E-state index contributed by atoms with van der Waals surface area (Å²) in [4.78, 5) is 0. The molecule has 0 saturated carbocycles. The topological polar surface area (TPSA) is 0 Å². The summed E-state index contributed by atoms with van der Waals surface area (Å²) in [6.07, 6.45) is 2.54. The van der Waals surface area contributed by atoms with Crippen molar-refractivity contribution in [3.63, 3.8) is 0 Å². The van der Waals surface area contributed by atoms with Crippen molar-refractivity contribution in [1.82, 2.24) is 0 Å². The minimum absolute atomic E-state index is 0.580. The number of hydrogen-bond donors (Lipinski definition) is 0. The molecule has 0 aromatic heterocycles. The van der Waals surface area contributed by atoms with Gasteiger partial charge in [0.1, 0.15) is 0 Å². The fraction of sp³-hybridized carbons (Fsp3) is 0.333. The maximum Gasteiger partial charge on any atom is 0.0120 e. The molecule has 2 atom stereocenters. The van der Waals surface area contributed by atoms with E-state index in [4.69, 9.17) is 0 Å². The van der Waals surface area contributed by atoms with E-state index in [1.54, 1.807) is 11.1 Å². The van der Waals surface area contributed by atoms with E-state index in [9.17, 15) is 0 Å². The van der Waals surface area contributed by atoms with Gasteiger partial charge in [0, 0.05) is 5.92 Å². The third-order valence-corrected chi connectivity index (χ3v) is 4.35. The molecular weight excluding hydrogens is 216 g/mol. The number of aryl methyl sites for hydroxylation is 2. The minimum Gasteiger partial charge on any atom is -0.0620 e. The summed E-state index contributed by atoms with van der Waals surface area (Å²) in [5, 5.41) is 0. The van der Waals surface area contributed by atoms with Gasteiger partial charge in [-0.1, -0.05) is 55.5 Å². The molecule has 0 radical (unpaired) electrons. The van der Waals surface area contributed by atoms with Gasteiger partial charge >= 0.3 is 0 Å². The lowest BCUT2D eigenvalue weighted by Crippen LogP contribution is -2.20. The molecule has 2 unspecified atom stereocenters. The maximum atomic E-state index is 2.40. The van der Waals surface area contributed by atoms with Crippen LogP contribution in [0.25, 0.3) is 0 Å². The molecule has 0 heterocycles. The monoisotopic (exact) mass is 236 g/mol. The second-order valence-electron chi connectivity index (χ2n) is 5.55. The Morgan fingerprint density at radius 2 is 1.56 bits per heavy atom. The zero-order chi connectivity index (χ0) is 12.5. The zero-order valence-corrected chi connectivity index (χ0v) is 11.2. The predicted octanol–water partition coefficient (Wildman–Crippen LogP) is 4.71. The molecule has 0 amide bonds. The highest BCUT2D eigenvalue weighted by Gasteiger charge is 2.28. The predicted molar refractivity (Wildman–Crippen MR) is 76.9 cm³/mol. The van der Waals surface area contributed by atoms with Crippen molar-refractivity contribution in [2.45, 2.75) is 32.6 Å². The second kappa shape index (κ2) is 4.61. The van der Waals surface area contributed by atoms with Crippen LogP contribution < -0.4 is 0 Å². The molecule has 0 nitrogen and oxygen atoms in total. The molecule has 0 spiro atoms. The lowest BCUT2D eigenvalue weighted by atomic mass is 9.72. The summed E-state index contributed by atoms with van der Waals surface area (Å²) in [7, 11) is 0. The highest BCUT2D eigenvalue weighted by atomic mass is 14.3. The summed E-state index contributed by atoms with van der Waals surface area (Å²) in [5.41, 5.74) is 6.03. The Kier molecular flexibility index (Phi) is 2.95. The van der Waals surface area contributed by atoms with Crippen molar-refractivity contribution >= 4 is 0 Å². The number of fused-ring (bicyclic) bond motifs is 1. The summed E-state index contributed by atoms with van der Waals surface area (Å²) < 4.78 is 0. The van der Waals surface area contributed by atoms with E-state index < -0.39 is 0 Å². The van der Waals surface area contributed by atoms with Gasteiger partial charge in [-0.15, -0.1) is 0 Å². The standard InChI is InChI=1S/C18H20/c1-13-7-3-5-9-16(13)18-14(2)11-12-15-8-4-6-10-17(15)18/h3-10,14,18H,11-12H2,1-2H3. The average molecular weight is 236 g/mol. The minimum atomic E-state index is 0.580. The zero-order valence-electron chi connectivity index (χ0n) is 11.2. The molecule has 1 aliphatic rings. The van der Waals surface area contributed by atoms with E-state index in [0.717, 1.165) is 5.92 Å².